The second-order valence-electron chi connectivity index (χ2n) is 9.78. The van der Waals surface area contributed by atoms with Gasteiger partial charge >= 0.3 is 0 Å². The average Bonchev–Trinajstić information content (AvgIpc) is 3.59. The monoisotopic (exact) mass is 445 g/mol. The van der Waals surface area contributed by atoms with Crippen LogP contribution in [0.4, 0.5) is 0 Å². The van der Waals surface area contributed by atoms with Crippen LogP contribution < -0.4 is 0 Å². The van der Waals surface area contributed by atoms with Crippen LogP contribution in [0.5, 0.6) is 0 Å². The van der Waals surface area contributed by atoms with Gasteiger partial charge in [0.2, 0.25) is 0 Å². The number of nitrogens with zero attached hydrogens (tertiary/aromatic N) is 3. The molecular weight excluding hydrogens is 426 g/mol. The highest BCUT2D eigenvalue weighted by molar-refractivity contribution is 6.16. The zero-order valence-corrected chi connectivity index (χ0v) is 18.9. The molecule has 3 heteroatoms. The van der Waals surface area contributed by atoms with E-state index in [2.05, 4.69) is 83.3 Å². The molecule has 4 aromatic carbocycles. The average molecular weight is 446 g/mol. The molecule has 7 aromatic rings. The van der Waals surface area contributed by atoms with E-state index in [1.165, 1.54) is 60.7 Å². The van der Waals surface area contributed by atoms with Crippen LogP contribution in [0, 0.1) is 0 Å². The Labute approximate surface area is 201 Å². The minimum Gasteiger partial charge on any atom is -0.276 e. The minimum absolute atomic E-state index is 0.935. The Morgan fingerprint density at radius 1 is 0.600 bits per heavy atom. The Kier molecular flexibility index (Phi) is 3.14. The predicted molar refractivity (Wildman–Crippen MR) is 142 cm³/mol. The van der Waals surface area contributed by atoms with Crippen LogP contribution in [0.1, 0.15) is 22.3 Å². The van der Waals surface area contributed by atoms with Gasteiger partial charge in [-0.3, -0.25) is 4.40 Å². The number of aromatic nitrogens is 3. The van der Waals surface area contributed by atoms with Crippen LogP contribution in [0.2, 0.25) is 0 Å². The molecule has 2 aliphatic rings. The second kappa shape index (κ2) is 6.13. The third-order valence-corrected chi connectivity index (χ3v) is 8.10. The summed E-state index contributed by atoms with van der Waals surface area (Å²) in [6, 6.07) is 30.8. The smallest absolute Gasteiger partial charge is 0.147 e. The summed E-state index contributed by atoms with van der Waals surface area (Å²) in [5.41, 5.74) is 15.4. The zero-order chi connectivity index (χ0) is 22.7. The molecular formula is C32H19N3. The van der Waals surface area contributed by atoms with Gasteiger partial charge in [-0.15, -0.1) is 0 Å². The highest BCUT2D eigenvalue weighted by Gasteiger charge is 2.30. The van der Waals surface area contributed by atoms with Gasteiger partial charge in [0.15, 0.2) is 0 Å². The molecule has 0 bridgehead atoms. The van der Waals surface area contributed by atoms with Crippen molar-refractivity contribution in [2.45, 2.75) is 12.8 Å². The molecule has 3 nitrogen and oxygen atoms in total. The van der Waals surface area contributed by atoms with E-state index in [0.717, 1.165) is 35.2 Å². The fraction of sp³-hybridized carbons (Fsp3) is 0.0625. The van der Waals surface area contributed by atoms with Gasteiger partial charge in [0, 0.05) is 23.4 Å². The molecule has 9 rings (SSSR count). The van der Waals surface area contributed by atoms with Crippen molar-refractivity contribution in [1.82, 2.24) is 14.4 Å². The van der Waals surface area contributed by atoms with Crippen molar-refractivity contribution >= 4 is 38.5 Å². The van der Waals surface area contributed by atoms with Gasteiger partial charge in [-0.2, -0.15) is 0 Å². The topological polar surface area (TPSA) is 30.2 Å². The van der Waals surface area contributed by atoms with E-state index in [-0.39, 0.29) is 0 Å². The summed E-state index contributed by atoms with van der Waals surface area (Å²) in [5.74, 6) is 0. The van der Waals surface area contributed by atoms with E-state index in [9.17, 15) is 0 Å². The number of benzene rings is 4. The molecule has 0 aliphatic heterocycles. The molecule has 3 heterocycles. The highest BCUT2D eigenvalue weighted by atomic mass is 15.1. The first-order chi connectivity index (χ1) is 17.4. The maximum absolute atomic E-state index is 5.17. The molecule has 162 valence electrons. The van der Waals surface area contributed by atoms with Crippen molar-refractivity contribution in [2.24, 2.45) is 0 Å². The molecule has 0 amide bonds. The molecule has 2 aliphatic carbocycles. The molecule has 0 N–H and O–H groups in total. The third kappa shape index (κ3) is 2.12. The third-order valence-electron chi connectivity index (χ3n) is 8.10. The number of hydrogen-bond donors (Lipinski definition) is 0. The Morgan fingerprint density at radius 2 is 1.46 bits per heavy atom. The van der Waals surface area contributed by atoms with E-state index in [1.54, 1.807) is 0 Å². The standard InChI is InChI=1S/C32H19N3/c1-2-7-20-18(6-1)16-19-11-12-21-22-13-14-23-24-8-5-15-33-31(24)35-28-10-4-3-9-27(28)34-32(35)30(23)26(22)17-25(21)29(19)20/h1-15H,16-17H2. The molecule has 0 unspecified atom stereocenters. The largest absolute Gasteiger partial charge is 0.276 e. The quantitative estimate of drug-likeness (QED) is 0.229. The van der Waals surface area contributed by atoms with Crippen LogP contribution in [0.15, 0.2) is 91.1 Å². The number of imidazole rings is 1. The Balaban J connectivity index is 1.44. The molecule has 0 fully saturated rings. The maximum Gasteiger partial charge on any atom is 0.147 e. The fourth-order valence-electron chi connectivity index (χ4n) is 6.67. The summed E-state index contributed by atoms with van der Waals surface area (Å²) in [7, 11) is 0. The van der Waals surface area contributed by atoms with Crippen LogP contribution in [0.25, 0.3) is 60.7 Å². The Bertz CT molecular complexity index is 2060. The lowest BCUT2D eigenvalue weighted by Gasteiger charge is -2.11. The van der Waals surface area contributed by atoms with Crippen molar-refractivity contribution < 1.29 is 0 Å². The maximum atomic E-state index is 5.17. The van der Waals surface area contributed by atoms with Crippen molar-refractivity contribution in [3.8, 4) is 22.3 Å². The number of hydrogen-bond acceptors (Lipinski definition) is 2. The molecule has 0 spiro atoms. The Morgan fingerprint density at radius 3 is 2.46 bits per heavy atom. The Hall–Kier alpha value is -4.50. The first-order valence-corrected chi connectivity index (χ1v) is 12.2. The number of fused-ring (bicyclic) bond motifs is 16. The molecule has 0 atom stereocenters. The molecule has 3 aromatic heterocycles. The van der Waals surface area contributed by atoms with Crippen molar-refractivity contribution in [2.75, 3.05) is 0 Å². The van der Waals surface area contributed by atoms with Gasteiger partial charge < -0.3 is 0 Å². The van der Waals surface area contributed by atoms with E-state index in [0.29, 0.717) is 0 Å². The summed E-state index contributed by atoms with van der Waals surface area (Å²) in [4.78, 5) is 9.98. The van der Waals surface area contributed by atoms with Gasteiger partial charge in [0.1, 0.15) is 11.3 Å². The molecule has 35 heavy (non-hydrogen) atoms. The zero-order valence-electron chi connectivity index (χ0n) is 18.9. The van der Waals surface area contributed by atoms with Crippen LogP contribution in [-0.2, 0) is 12.8 Å². The van der Waals surface area contributed by atoms with Gasteiger partial charge in [-0.05, 0) is 80.6 Å². The van der Waals surface area contributed by atoms with Crippen molar-refractivity contribution in [3.63, 3.8) is 0 Å². The van der Waals surface area contributed by atoms with Gasteiger partial charge in [-0.1, -0.05) is 60.7 Å². The highest BCUT2D eigenvalue weighted by Crippen LogP contribution is 2.50. The number of para-hydroxylation sites is 2. The van der Waals surface area contributed by atoms with Crippen molar-refractivity contribution in [1.29, 1.82) is 0 Å². The minimum atomic E-state index is 0.935. The summed E-state index contributed by atoms with van der Waals surface area (Å²) in [5, 5.41) is 3.67. The van der Waals surface area contributed by atoms with E-state index >= 15 is 0 Å². The van der Waals surface area contributed by atoms with E-state index in [4.69, 9.17) is 9.97 Å². The number of rotatable bonds is 0. The second-order valence-corrected chi connectivity index (χ2v) is 9.78. The summed E-state index contributed by atoms with van der Waals surface area (Å²) in [6.45, 7) is 0. The van der Waals surface area contributed by atoms with E-state index in [1.807, 2.05) is 12.3 Å². The summed E-state index contributed by atoms with van der Waals surface area (Å²) >= 11 is 0. The van der Waals surface area contributed by atoms with Gasteiger partial charge in [0.25, 0.3) is 0 Å². The summed E-state index contributed by atoms with van der Waals surface area (Å²) in [6.07, 6.45) is 3.85. The summed E-state index contributed by atoms with van der Waals surface area (Å²) < 4.78 is 2.26. The predicted octanol–water partition coefficient (Wildman–Crippen LogP) is 7.33. The molecule has 0 radical (unpaired) electrons. The van der Waals surface area contributed by atoms with Gasteiger partial charge in [0.05, 0.1) is 11.0 Å². The normalized spacial score (nSPS) is 13.5. The van der Waals surface area contributed by atoms with Crippen molar-refractivity contribution in [3.05, 3.63) is 113 Å². The first kappa shape index (κ1) is 17.9. The molecule has 0 saturated heterocycles. The fourth-order valence-corrected chi connectivity index (χ4v) is 6.67. The van der Waals surface area contributed by atoms with E-state index < -0.39 is 0 Å². The lowest BCUT2D eigenvalue weighted by Crippen LogP contribution is -1.96. The lowest BCUT2D eigenvalue weighted by molar-refractivity contribution is 1.22. The molecule has 0 saturated carbocycles. The van der Waals surface area contributed by atoms with Crippen LogP contribution in [0.3, 0.4) is 0 Å². The van der Waals surface area contributed by atoms with Crippen LogP contribution >= 0.6 is 0 Å². The SMILES string of the molecule is c1ccc2c(c1)Cc1ccc3c(c1-2)Cc1c-3ccc2c3cccnc3n3c4ccccc4nc3c12. The lowest BCUT2D eigenvalue weighted by atomic mass is 9.95. The first-order valence-electron chi connectivity index (χ1n) is 12.2. The number of pyridine rings is 2. The van der Waals surface area contributed by atoms with Gasteiger partial charge in [-0.25, -0.2) is 9.97 Å². The van der Waals surface area contributed by atoms with Crippen LogP contribution in [-0.4, -0.2) is 14.4 Å².